The van der Waals surface area contributed by atoms with Crippen molar-refractivity contribution >= 4 is 11.9 Å². The molecule has 0 bridgehead atoms. The first-order valence-electron chi connectivity index (χ1n) is 9.59. The van der Waals surface area contributed by atoms with Crippen LogP contribution in [-0.2, 0) is 14.3 Å². The summed E-state index contributed by atoms with van der Waals surface area (Å²) in [4.78, 5) is 24.4. The molecule has 1 aromatic rings. The molecule has 1 N–H and O–H groups in total. The van der Waals surface area contributed by atoms with Gasteiger partial charge in [0.1, 0.15) is 6.10 Å². The van der Waals surface area contributed by atoms with E-state index in [1.807, 2.05) is 19.9 Å². The number of ether oxygens (including phenoxy) is 2. The number of carbonyl (C=O) groups is 2. The monoisotopic (exact) mass is 372 g/mol. The molecular formula is C22H28O5. The molecule has 5 heteroatoms. The predicted octanol–water partition coefficient (Wildman–Crippen LogP) is 4.37. The maximum atomic E-state index is 12.6. The first kappa shape index (κ1) is 19.6. The minimum atomic E-state index is -0.965. The maximum absolute atomic E-state index is 12.6. The summed E-state index contributed by atoms with van der Waals surface area (Å²) in [6.45, 7) is 6.15. The van der Waals surface area contributed by atoms with Crippen LogP contribution in [0.2, 0.25) is 0 Å². The topological polar surface area (TPSA) is 76.1 Å². The molecule has 3 rings (SSSR count). The van der Waals surface area contributed by atoms with E-state index < -0.39 is 18.0 Å². The first-order valence-corrected chi connectivity index (χ1v) is 9.59. The van der Waals surface area contributed by atoms with Gasteiger partial charge in [0.25, 0.3) is 0 Å². The van der Waals surface area contributed by atoms with Gasteiger partial charge in [0, 0.05) is 11.0 Å². The fourth-order valence-corrected chi connectivity index (χ4v) is 3.82. The van der Waals surface area contributed by atoms with E-state index in [-0.39, 0.29) is 22.7 Å². The Balaban J connectivity index is 1.86. The zero-order valence-corrected chi connectivity index (χ0v) is 16.2. The lowest BCUT2D eigenvalue weighted by molar-refractivity contribution is -0.133. The summed E-state index contributed by atoms with van der Waals surface area (Å²) in [7, 11) is 0. The summed E-state index contributed by atoms with van der Waals surface area (Å²) in [5.74, 6) is -1.39. The lowest BCUT2D eigenvalue weighted by atomic mass is 9.80. The number of benzene rings is 1. The van der Waals surface area contributed by atoms with Gasteiger partial charge < -0.3 is 14.6 Å². The molecule has 5 nitrogen and oxygen atoms in total. The molecule has 3 atom stereocenters. The Morgan fingerprint density at radius 1 is 1.15 bits per heavy atom. The van der Waals surface area contributed by atoms with Gasteiger partial charge in [0.15, 0.2) is 0 Å². The van der Waals surface area contributed by atoms with Gasteiger partial charge >= 0.3 is 11.9 Å². The Bertz CT molecular complexity index is 736. The average molecular weight is 372 g/mol. The third-order valence-corrected chi connectivity index (χ3v) is 5.85. The minimum absolute atomic E-state index is 0.117. The summed E-state index contributed by atoms with van der Waals surface area (Å²) < 4.78 is 11.6. The van der Waals surface area contributed by atoms with Crippen molar-refractivity contribution in [2.24, 2.45) is 5.41 Å². The van der Waals surface area contributed by atoms with Gasteiger partial charge in [-0.2, -0.15) is 0 Å². The Hall–Kier alpha value is -2.14. The Morgan fingerprint density at radius 2 is 1.85 bits per heavy atom. The highest BCUT2D eigenvalue weighted by Gasteiger charge is 2.51. The van der Waals surface area contributed by atoms with Crippen LogP contribution in [0.4, 0.5) is 0 Å². The molecule has 1 saturated heterocycles. The zero-order chi connectivity index (χ0) is 19.7. The molecule has 2 aliphatic rings. The van der Waals surface area contributed by atoms with Crippen LogP contribution in [0, 0.1) is 5.41 Å². The van der Waals surface area contributed by atoms with Crippen molar-refractivity contribution < 1.29 is 24.2 Å². The number of esters is 1. The van der Waals surface area contributed by atoms with Gasteiger partial charge in [-0.25, -0.2) is 9.59 Å². The van der Waals surface area contributed by atoms with Gasteiger partial charge in [-0.3, -0.25) is 0 Å². The number of hydrogen-bond donors (Lipinski definition) is 1. The molecule has 0 aromatic heterocycles. The second-order valence-corrected chi connectivity index (χ2v) is 8.49. The van der Waals surface area contributed by atoms with Gasteiger partial charge in [0.2, 0.25) is 0 Å². The van der Waals surface area contributed by atoms with Crippen LogP contribution < -0.4 is 0 Å². The molecule has 146 valence electrons. The smallest absolute Gasteiger partial charge is 0.338 e. The SMILES string of the molecule is CC1(C)CCC[C@@]2(C)O[C@@H]2CCC(C(=O)O)=C[C@H]1OC(=O)c1ccccc1. The van der Waals surface area contributed by atoms with Crippen LogP contribution in [0.25, 0.3) is 0 Å². The average Bonchev–Trinajstić information content (AvgIpc) is 3.26. The number of carboxylic acids is 1. The Kier molecular flexibility index (Phi) is 5.43. The van der Waals surface area contributed by atoms with Crippen molar-refractivity contribution in [3.05, 3.63) is 47.5 Å². The fraction of sp³-hybridized carbons (Fsp3) is 0.545. The van der Waals surface area contributed by atoms with Crippen molar-refractivity contribution in [3.63, 3.8) is 0 Å². The minimum Gasteiger partial charge on any atom is -0.478 e. The summed E-state index contributed by atoms with van der Waals surface area (Å²) >= 11 is 0. The summed E-state index contributed by atoms with van der Waals surface area (Å²) in [6.07, 6.45) is 4.92. The van der Waals surface area contributed by atoms with Crippen molar-refractivity contribution in [2.45, 2.75) is 70.7 Å². The molecule has 0 amide bonds. The molecule has 1 heterocycles. The molecule has 0 spiro atoms. The van der Waals surface area contributed by atoms with E-state index in [1.54, 1.807) is 30.3 Å². The van der Waals surface area contributed by atoms with Crippen LogP contribution in [0.15, 0.2) is 42.0 Å². The Morgan fingerprint density at radius 3 is 2.52 bits per heavy atom. The number of epoxide rings is 1. The molecule has 1 fully saturated rings. The van der Waals surface area contributed by atoms with E-state index in [2.05, 4.69) is 6.92 Å². The van der Waals surface area contributed by atoms with Crippen LogP contribution in [0.1, 0.15) is 63.2 Å². The van der Waals surface area contributed by atoms with E-state index >= 15 is 0 Å². The third-order valence-electron chi connectivity index (χ3n) is 5.85. The predicted molar refractivity (Wildman–Crippen MR) is 102 cm³/mol. The lowest BCUT2D eigenvalue weighted by Crippen LogP contribution is -2.33. The number of carbonyl (C=O) groups excluding carboxylic acids is 1. The highest BCUT2D eigenvalue weighted by atomic mass is 16.6. The zero-order valence-electron chi connectivity index (χ0n) is 16.2. The normalized spacial score (nSPS) is 30.3. The number of aliphatic carboxylic acids is 1. The van der Waals surface area contributed by atoms with Gasteiger partial charge in [-0.1, -0.05) is 32.0 Å². The van der Waals surface area contributed by atoms with E-state index in [0.717, 1.165) is 19.3 Å². The van der Waals surface area contributed by atoms with E-state index in [1.165, 1.54) is 0 Å². The third kappa shape index (κ3) is 4.59. The molecule has 1 aliphatic heterocycles. The Labute approximate surface area is 160 Å². The van der Waals surface area contributed by atoms with Crippen molar-refractivity contribution in [1.29, 1.82) is 0 Å². The van der Waals surface area contributed by atoms with Crippen molar-refractivity contribution in [3.8, 4) is 0 Å². The molecule has 1 aliphatic carbocycles. The molecule has 0 saturated carbocycles. The number of hydrogen-bond acceptors (Lipinski definition) is 4. The van der Waals surface area contributed by atoms with Gasteiger partial charge in [-0.05, 0) is 57.2 Å². The second-order valence-electron chi connectivity index (χ2n) is 8.49. The lowest BCUT2D eigenvalue weighted by Gasteiger charge is -2.32. The van der Waals surface area contributed by atoms with Crippen molar-refractivity contribution in [1.82, 2.24) is 0 Å². The molecular weight excluding hydrogens is 344 g/mol. The first-order chi connectivity index (χ1) is 12.7. The molecule has 27 heavy (non-hydrogen) atoms. The largest absolute Gasteiger partial charge is 0.478 e. The summed E-state index contributed by atoms with van der Waals surface area (Å²) in [5, 5.41) is 9.64. The van der Waals surface area contributed by atoms with Crippen LogP contribution in [-0.4, -0.2) is 34.9 Å². The number of fused-ring (bicyclic) bond motifs is 1. The van der Waals surface area contributed by atoms with Crippen LogP contribution in [0.5, 0.6) is 0 Å². The van der Waals surface area contributed by atoms with E-state index in [0.29, 0.717) is 18.4 Å². The fourth-order valence-electron chi connectivity index (χ4n) is 3.82. The summed E-state index contributed by atoms with van der Waals surface area (Å²) in [5.41, 5.74) is 0.236. The van der Waals surface area contributed by atoms with E-state index in [4.69, 9.17) is 9.47 Å². The summed E-state index contributed by atoms with van der Waals surface area (Å²) in [6, 6.07) is 8.81. The highest BCUT2D eigenvalue weighted by molar-refractivity contribution is 5.90. The second kappa shape index (κ2) is 7.47. The number of carboxylic acid groups (broad SMARTS) is 1. The molecule has 1 aromatic carbocycles. The maximum Gasteiger partial charge on any atom is 0.338 e. The molecule has 0 radical (unpaired) electrons. The van der Waals surface area contributed by atoms with Crippen LogP contribution in [0.3, 0.4) is 0 Å². The highest BCUT2D eigenvalue weighted by Crippen LogP contribution is 2.45. The van der Waals surface area contributed by atoms with Gasteiger partial charge in [0.05, 0.1) is 17.3 Å². The number of rotatable bonds is 3. The standard InChI is InChI=1S/C22H28O5/c1-21(2)12-7-13-22(3)17(27-22)11-10-16(19(23)24)14-18(21)26-20(25)15-8-5-4-6-9-15/h4-6,8-9,14,17-18H,7,10-13H2,1-3H3,(H,23,24)/t17-,18-,22-/m1/s1. The van der Waals surface area contributed by atoms with Crippen LogP contribution >= 0.6 is 0 Å². The van der Waals surface area contributed by atoms with Crippen molar-refractivity contribution in [2.75, 3.05) is 0 Å². The van der Waals surface area contributed by atoms with Gasteiger partial charge in [-0.15, -0.1) is 0 Å². The van der Waals surface area contributed by atoms with E-state index in [9.17, 15) is 14.7 Å². The molecule has 0 unspecified atom stereocenters. The quantitative estimate of drug-likeness (QED) is 0.630.